The van der Waals surface area contributed by atoms with Gasteiger partial charge in [0.15, 0.2) is 5.76 Å². The first-order chi connectivity index (χ1) is 7.29. The van der Waals surface area contributed by atoms with E-state index in [1.54, 1.807) is 0 Å². The molecule has 0 unspecified atom stereocenters. The molecule has 0 aliphatic carbocycles. The Hall–Kier alpha value is -1.36. The topological polar surface area (TPSA) is 66.6 Å². The van der Waals surface area contributed by atoms with Gasteiger partial charge in [-0.1, -0.05) is 5.16 Å². The Morgan fingerprint density at radius 3 is 2.56 bits per heavy atom. The zero-order valence-electron chi connectivity index (χ0n) is 10.1. The van der Waals surface area contributed by atoms with Crippen LogP contribution in [0.15, 0.2) is 10.6 Å². The maximum absolute atomic E-state index is 10.8. The first-order valence-electron chi connectivity index (χ1n) is 5.18. The molecule has 0 saturated carbocycles. The first-order valence-corrected chi connectivity index (χ1v) is 5.18. The van der Waals surface area contributed by atoms with Crippen molar-refractivity contribution >= 4 is 5.97 Å². The van der Waals surface area contributed by atoms with Gasteiger partial charge in [-0.2, -0.15) is 0 Å². The highest BCUT2D eigenvalue weighted by Gasteiger charge is 2.24. The molecule has 90 valence electrons. The van der Waals surface area contributed by atoms with Crippen LogP contribution in [0.1, 0.15) is 32.2 Å². The summed E-state index contributed by atoms with van der Waals surface area (Å²) < 4.78 is 5.09. The van der Waals surface area contributed by atoms with E-state index in [2.05, 4.69) is 5.16 Å². The van der Waals surface area contributed by atoms with E-state index in [1.807, 2.05) is 38.7 Å². The summed E-state index contributed by atoms with van der Waals surface area (Å²) in [5.74, 6) is -0.153. The maximum atomic E-state index is 10.8. The molecule has 0 aliphatic rings. The van der Waals surface area contributed by atoms with E-state index in [4.69, 9.17) is 9.63 Å². The summed E-state index contributed by atoms with van der Waals surface area (Å²) in [6.45, 7) is 8.20. The third kappa shape index (κ3) is 3.66. The van der Waals surface area contributed by atoms with Crippen molar-refractivity contribution in [3.63, 3.8) is 0 Å². The highest BCUT2D eigenvalue weighted by Crippen LogP contribution is 2.17. The van der Waals surface area contributed by atoms with Crippen LogP contribution in [0.25, 0.3) is 0 Å². The summed E-state index contributed by atoms with van der Waals surface area (Å²) in [5, 5.41) is 12.6. The lowest BCUT2D eigenvalue weighted by atomic mass is 10.1. The second-order valence-electron chi connectivity index (χ2n) is 4.86. The quantitative estimate of drug-likeness (QED) is 0.845. The second kappa shape index (κ2) is 4.65. The normalized spacial score (nSPS) is 12.1. The van der Waals surface area contributed by atoms with Crippen LogP contribution in [0.4, 0.5) is 0 Å². The van der Waals surface area contributed by atoms with Gasteiger partial charge in [-0.05, 0) is 27.7 Å². The van der Waals surface area contributed by atoms with Crippen LogP contribution >= 0.6 is 0 Å². The molecule has 0 radical (unpaired) electrons. The van der Waals surface area contributed by atoms with Crippen LogP contribution in [0.3, 0.4) is 0 Å². The molecule has 0 saturated heterocycles. The fraction of sp³-hybridized carbons (Fsp3) is 0.636. The smallest absolute Gasteiger partial charge is 0.317 e. The number of hydrogen-bond donors (Lipinski definition) is 1. The predicted molar refractivity (Wildman–Crippen MR) is 59.0 cm³/mol. The molecule has 5 nitrogen and oxygen atoms in total. The maximum Gasteiger partial charge on any atom is 0.317 e. The second-order valence-corrected chi connectivity index (χ2v) is 4.86. The van der Waals surface area contributed by atoms with Gasteiger partial charge >= 0.3 is 5.97 Å². The van der Waals surface area contributed by atoms with E-state index < -0.39 is 5.97 Å². The van der Waals surface area contributed by atoms with Gasteiger partial charge in [0.25, 0.3) is 0 Å². The lowest BCUT2D eigenvalue weighted by Crippen LogP contribution is -2.43. The van der Waals surface area contributed by atoms with Gasteiger partial charge in [0.1, 0.15) is 0 Å². The van der Waals surface area contributed by atoms with Crippen LogP contribution in [0.2, 0.25) is 0 Å². The average Bonchev–Trinajstić information content (AvgIpc) is 2.47. The number of carboxylic acids is 1. The molecule has 1 aromatic heterocycles. The highest BCUT2D eigenvalue weighted by atomic mass is 16.5. The SMILES string of the molecule is Cc1cc(CN(CC(=O)O)C(C)(C)C)on1. The number of aliphatic carboxylic acids is 1. The van der Waals surface area contributed by atoms with E-state index in [1.165, 1.54) is 0 Å². The molecule has 0 atom stereocenters. The Labute approximate surface area is 95.0 Å². The van der Waals surface area contributed by atoms with E-state index >= 15 is 0 Å². The fourth-order valence-electron chi connectivity index (χ4n) is 1.37. The summed E-state index contributed by atoms with van der Waals surface area (Å²) in [5.41, 5.74) is 0.582. The molecule has 0 bridgehead atoms. The van der Waals surface area contributed by atoms with Crippen LogP contribution < -0.4 is 0 Å². The van der Waals surface area contributed by atoms with Crippen molar-refractivity contribution in [1.82, 2.24) is 10.1 Å². The minimum atomic E-state index is -0.842. The van der Waals surface area contributed by atoms with Gasteiger partial charge in [0, 0.05) is 11.6 Å². The Morgan fingerprint density at radius 1 is 1.56 bits per heavy atom. The van der Waals surface area contributed by atoms with Gasteiger partial charge < -0.3 is 9.63 Å². The van der Waals surface area contributed by atoms with Gasteiger partial charge in [-0.3, -0.25) is 9.69 Å². The highest BCUT2D eigenvalue weighted by molar-refractivity contribution is 5.69. The first kappa shape index (κ1) is 12.7. The third-order valence-corrected chi connectivity index (χ3v) is 2.30. The van der Waals surface area contributed by atoms with E-state index in [0.717, 1.165) is 5.69 Å². The molecule has 5 heteroatoms. The zero-order chi connectivity index (χ0) is 12.3. The van der Waals surface area contributed by atoms with E-state index in [-0.39, 0.29) is 12.1 Å². The summed E-state index contributed by atoms with van der Waals surface area (Å²) in [7, 11) is 0. The Morgan fingerprint density at radius 2 is 2.19 bits per heavy atom. The predicted octanol–water partition coefficient (Wildman–Crippen LogP) is 1.67. The monoisotopic (exact) mass is 226 g/mol. The molecule has 1 rings (SSSR count). The lowest BCUT2D eigenvalue weighted by molar-refractivity contribution is -0.140. The number of aryl methyl sites for hydroxylation is 1. The molecular weight excluding hydrogens is 208 g/mol. The van der Waals surface area contributed by atoms with Crippen LogP contribution in [-0.4, -0.2) is 33.2 Å². The fourth-order valence-corrected chi connectivity index (χ4v) is 1.37. The molecule has 0 aromatic carbocycles. The van der Waals surface area contributed by atoms with E-state index in [9.17, 15) is 4.79 Å². The molecule has 0 amide bonds. The van der Waals surface area contributed by atoms with Crippen molar-refractivity contribution < 1.29 is 14.4 Å². The Kier molecular flexibility index (Phi) is 3.70. The number of nitrogens with zero attached hydrogens (tertiary/aromatic N) is 2. The average molecular weight is 226 g/mol. The van der Waals surface area contributed by atoms with Crippen molar-refractivity contribution in [3.05, 3.63) is 17.5 Å². The zero-order valence-corrected chi connectivity index (χ0v) is 10.1. The molecule has 1 N–H and O–H groups in total. The number of rotatable bonds is 4. The summed E-state index contributed by atoms with van der Waals surface area (Å²) >= 11 is 0. The van der Waals surface area contributed by atoms with Gasteiger partial charge in [0.2, 0.25) is 0 Å². The van der Waals surface area contributed by atoms with Crippen molar-refractivity contribution in [1.29, 1.82) is 0 Å². The molecule has 1 heterocycles. The van der Waals surface area contributed by atoms with Gasteiger partial charge in [-0.25, -0.2) is 0 Å². The van der Waals surface area contributed by atoms with Gasteiger partial charge in [-0.15, -0.1) is 0 Å². The van der Waals surface area contributed by atoms with Crippen molar-refractivity contribution in [2.75, 3.05) is 6.54 Å². The molecule has 0 aliphatic heterocycles. The van der Waals surface area contributed by atoms with Crippen molar-refractivity contribution in [2.24, 2.45) is 0 Å². The van der Waals surface area contributed by atoms with Gasteiger partial charge in [0.05, 0.1) is 18.8 Å². The van der Waals surface area contributed by atoms with E-state index in [0.29, 0.717) is 12.3 Å². The lowest BCUT2D eigenvalue weighted by Gasteiger charge is -2.33. The minimum absolute atomic E-state index is 0.0107. The summed E-state index contributed by atoms with van der Waals surface area (Å²) in [4.78, 5) is 12.6. The molecule has 0 spiro atoms. The largest absolute Gasteiger partial charge is 0.480 e. The number of hydrogen-bond acceptors (Lipinski definition) is 4. The molecule has 16 heavy (non-hydrogen) atoms. The molecule has 1 aromatic rings. The summed E-state index contributed by atoms with van der Waals surface area (Å²) in [6, 6.07) is 1.82. The van der Waals surface area contributed by atoms with Crippen LogP contribution in [0, 0.1) is 6.92 Å². The third-order valence-electron chi connectivity index (χ3n) is 2.30. The summed E-state index contributed by atoms with van der Waals surface area (Å²) in [6.07, 6.45) is 0. The number of carboxylic acid groups (broad SMARTS) is 1. The molecule has 0 fully saturated rings. The van der Waals surface area contributed by atoms with Crippen LogP contribution in [-0.2, 0) is 11.3 Å². The Bertz CT molecular complexity index is 366. The molecular formula is C11H18N2O3. The Balaban J connectivity index is 2.74. The van der Waals surface area contributed by atoms with Crippen LogP contribution in [0.5, 0.6) is 0 Å². The standard InChI is InChI=1S/C11H18N2O3/c1-8-5-9(16-12-8)6-13(7-10(14)15)11(2,3)4/h5H,6-7H2,1-4H3,(H,14,15). The van der Waals surface area contributed by atoms with Crippen molar-refractivity contribution in [3.8, 4) is 0 Å². The number of carbonyl (C=O) groups is 1. The minimum Gasteiger partial charge on any atom is -0.480 e. The van der Waals surface area contributed by atoms with Crippen molar-refractivity contribution in [2.45, 2.75) is 39.8 Å². The number of aromatic nitrogens is 1.